The van der Waals surface area contributed by atoms with Crippen LogP contribution in [0.1, 0.15) is 11.1 Å². The zero-order chi connectivity index (χ0) is 14.3. The van der Waals surface area contributed by atoms with E-state index in [0.29, 0.717) is 11.1 Å². The van der Waals surface area contributed by atoms with Crippen LogP contribution in [0.3, 0.4) is 0 Å². The highest BCUT2D eigenvalue weighted by molar-refractivity contribution is 6.34. The normalized spacial score (nSPS) is 17.8. The molecule has 0 unspecified atom stereocenters. The first-order valence-electron chi connectivity index (χ1n) is 5.79. The Bertz CT molecular complexity index is 663. The number of hydrogen-bond acceptors (Lipinski definition) is 4. The molecule has 0 saturated heterocycles. The molecule has 0 bridgehead atoms. The fourth-order valence-electron chi connectivity index (χ4n) is 2.08. The van der Waals surface area contributed by atoms with Gasteiger partial charge in [-0.2, -0.15) is 0 Å². The molecule has 2 N–H and O–H groups in total. The second-order valence-electron chi connectivity index (χ2n) is 4.33. The SMILES string of the molecule is O=C1C=C(c2ccc(C3=CC(=O)NC3=O)cc2)C(=O)N1. The summed E-state index contributed by atoms with van der Waals surface area (Å²) >= 11 is 0. The maximum Gasteiger partial charge on any atom is 0.258 e. The van der Waals surface area contributed by atoms with Gasteiger partial charge in [0.2, 0.25) is 0 Å². The van der Waals surface area contributed by atoms with Gasteiger partial charge in [0.25, 0.3) is 23.6 Å². The Morgan fingerprint density at radius 2 is 0.950 bits per heavy atom. The van der Waals surface area contributed by atoms with Crippen molar-refractivity contribution in [2.24, 2.45) is 0 Å². The van der Waals surface area contributed by atoms with Crippen molar-refractivity contribution in [3.63, 3.8) is 0 Å². The van der Waals surface area contributed by atoms with Gasteiger partial charge in [-0.25, -0.2) is 0 Å². The molecule has 0 saturated carbocycles. The third-order valence-electron chi connectivity index (χ3n) is 3.02. The predicted octanol–water partition coefficient (Wildman–Crippen LogP) is -0.234. The average Bonchev–Trinajstić information content (AvgIpc) is 2.92. The second-order valence-corrected chi connectivity index (χ2v) is 4.33. The number of benzene rings is 1. The van der Waals surface area contributed by atoms with Crippen molar-refractivity contribution in [3.05, 3.63) is 47.5 Å². The Labute approximate surface area is 113 Å². The minimum atomic E-state index is -0.448. The summed E-state index contributed by atoms with van der Waals surface area (Å²) in [5.74, 6) is -1.79. The molecule has 3 rings (SSSR count). The maximum atomic E-state index is 11.5. The fourth-order valence-corrected chi connectivity index (χ4v) is 2.08. The van der Waals surface area contributed by atoms with Gasteiger partial charge < -0.3 is 0 Å². The summed E-state index contributed by atoms with van der Waals surface area (Å²) in [6.45, 7) is 0. The molecule has 0 spiro atoms. The van der Waals surface area contributed by atoms with E-state index in [0.717, 1.165) is 0 Å². The third kappa shape index (κ3) is 1.93. The molecule has 2 aliphatic rings. The van der Waals surface area contributed by atoms with E-state index in [9.17, 15) is 19.2 Å². The van der Waals surface area contributed by atoms with Crippen LogP contribution in [0.4, 0.5) is 0 Å². The molecule has 0 aliphatic carbocycles. The van der Waals surface area contributed by atoms with Crippen LogP contribution >= 0.6 is 0 Å². The molecular formula is C14H8N2O4. The summed E-state index contributed by atoms with van der Waals surface area (Å²) in [4.78, 5) is 45.2. The molecule has 2 heterocycles. The summed E-state index contributed by atoms with van der Waals surface area (Å²) < 4.78 is 0. The highest BCUT2D eigenvalue weighted by atomic mass is 16.2. The van der Waals surface area contributed by atoms with E-state index in [-0.39, 0.29) is 11.1 Å². The van der Waals surface area contributed by atoms with Crippen LogP contribution in [0.25, 0.3) is 11.1 Å². The van der Waals surface area contributed by atoms with E-state index in [1.54, 1.807) is 24.3 Å². The van der Waals surface area contributed by atoms with Crippen LogP contribution in [0, 0.1) is 0 Å². The van der Waals surface area contributed by atoms with Crippen LogP contribution in [0.15, 0.2) is 36.4 Å². The molecule has 20 heavy (non-hydrogen) atoms. The Kier molecular flexibility index (Phi) is 2.57. The van der Waals surface area contributed by atoms with Gasteiger partial charge in [0.05, 0.1) is 11.1 Å². The number of hydrogen-bond donors (Lipinski definition) is 2. The van der Waals surface area contributed by atoms with Crippen molar-refractivity contribution in [2.45, 2.75) is 0 Å². The smallest absolute Gasteiger partial charge is 0.258 e. The summed E-state index contributed by atoms with van der Waals surface area (Å²) in [5, 5.41) is 4.31. The van der Waals surface area contributed by atoms with E-state index in [2.05, 4.69) is 10.6 Å². The number of carbonyl (C=O) groups is 4. The number of amides is 4. The lowest BCUT2D eigenvalue weighted by molar-refractivity contribution is -0.124. The van der Waals surface area contributed by atoms with Crippen molar-refractivity contribution in [1.29, 1.82) is 0 Å². The van der Waals surface area contributed by atoms with Crippen LogP contribution in [-0.4, -0.2) is 23.6 Å². The predicted molar refractivity (Wildman–Crippen MR) is 68.7 cm³/mol. The van der Waals surface area contributed by atoms with Crippen molar-refractivity contribution >= 4 is 34.8 Å². The fraction of sp³-hybridized carbons (Fsp3) is 0. The van der Waals surface area contributed by atoms with E-state index in [1.807, 2.05) is 0 Å². The molecule has 0 radical (unpaired) electrons. The summed E-state index contributed by atoms with van der Waals surface area (Å²) in [7, 11) is 0. The summed E-state index contributed by atoms with van der Waals surface area (Å²) in [6.07, 6.45) is 2.45. The van der Waals surface area contributed by atoms with Crippen LogP contribution in [-0.2, 0) is 19.2 Å². The van der Waals surface area contributed by atoms with E-state index in [4.69, 9.17) is 0 Å². The molecule has 1 aromatic carbocycles. The minimum Gasteiger partial charge on any atom is -0.289 e. The highest BCUT2D eigenvalue weighted by Crippen LogP contribution is 2.23. The monoisotopic (exact) mass is 268 g/mol. The Hall–Kier alpha value is -3.02. The average molecular weight is 268 g/mol. The number of nitrogens with one attached hydrogen (secondary N) is 2. The van der Waals surface area contributed by atoms with E-state index >= 15 is 0 Å². The molecule has 0 aromatic heterocycles. The highest BCUT2D eigenvalue weighted by Gasteiger charge is 2.24. The van der Waals surface area contributed by atoms with Gasteiger partial charge in [-0.05, 0) is 11.1 Å². The zero-order valence-electron chi connectivity index (χ0n) is 10.1. The molecule has 1 aromatic rings. The molecule has 98 valence electrons. The van der Waals surface area contributed by atoms with Crippen LogP contribution in [0.2, 0.25) is 0 Å². The van der Waals surface area contributed by atoms with Gasteiger partial charge in [0, 0.05) is 12.2 Å². The quantitative estimate of drug-likeness (QED) is 0.724. The van der Waals surface area contributed by atoms with Crippen molar-refractivity contribution in [1.82, 2.24) is 10.6 Å². The first-order valence-corrected chi connectivity index (χ1v) is 5.79. The standard InChI is InChI=1S/C14H8N2O4/c17-11-5-9(13(19)15-11)7-1-2-8(4-3-7)10-6-12(18)16-14(10)20/h1-6H,(H,15,17,19)(H,16,18,20). The van der Waals surface area contributed by atoms with Crippen LogP contribution in [0.5, 0.6) is 0 Å². The zero-order valence-corrected chi connectivity index (χ0v) is 10.1. The lowest BCUT2D eigenvalue weighted by Crippen LogP contribution is -2.22. The third-order valence-corrected chi connectivity index (χ3v) is 3.02. The van der Waals surface area contributed by atoms with Gasteiger partial charge >= 0.3 is 0 Å². The topological polar surface area (TPSA) is 92.3 Å². The lowest BCUT2D eigenvalue weighted by Gasteiger charge is -2.03. The first kappa shape index (κ1) is 12.0. The lowest BCUT2D eigenvalue weighted by atomic mass is 10.0. The molecule has 6 nitrogen and oxygen atoms in total. The number of rotatable bonds is 2. The summed E-state index contributed by atoms with van der Waals surface area (Å²) in [5.41, 5.74) is 1.70. The molecular weight excluding hydrogens is 260 g/mol. The van der Waals surface area contributed by atoms with E-state index in [1.165, 1.54) is 12.2 Å². The molecule has 6 heteroatoms. The van der Waals surface area contributed by atoms with Gasteiger partial charge in [0.15, 0.2) is 0 Å². The Balaban J connectivity index is 1.93. The van der Waals surface area contributed by atoms with Crippen molar-refractivity contribution in [2.75, 3.05) is 0 Å². The first-order chi connectivity index (χ1) is 9.54. The van der Waals surface area contributed by atoms with Gasteiger partial charge in [-0.3, -0.25) is 29.8 Å². The molecule has 4 amide bonds. The van der Waals surface area contributed by atoms with Gasteiger partial charge in [-0.15, -0.1) is 0 Å². The van der Waals surface area contributed by atoms with Crippen molar-refractivity contribution < 1.29 is 19.2 Å². The van der Waals surface area contributed by atoms with Crippen LogP contribution < -0.4 is 10.6 Å². The molecule has 0 fully saturated rings. The van der Waals surface area contributed by atoms with E-state index < -0.39 is 23.6 Å². The Morgan fingerprint density at radius 3 is 1.20 bits per heavy atom. The van der Waals surface area contributed by atoms with Gasteiger partial charge in [0.1, 0.15) is 0 Å². The maximum absolute atomic E-state index is 11.5. The second kappa shape index (κ2) is 4.27. The molecule has 2 aliphatic heterocycles. The minimum absolute atomic E-state index is 0.280. The molecule has 0 atom stereocenters. The largest absolute Gasteiger partial charge is 0.289 e. The van der Waals surface area contributed by atoms with Crippen molar-refractivity contribution in [3.8, 4) is 0 Å². The Morgan fingerprint density at radius 1 is 0.600 bits per heavy atom. The summed E-state index contributed by atoms with van der Waals surface area (Å²) in [6, 6.07) is 6.49. The van der Waals surface area contributed by atoms with Gasteiger partial charge in [-0.1, -0.05) is 24.3 Å². The number of carbonyl (C=O) groups excluding carboxylic acids is 4. The number of imide groups is 2.